The van der Waals surface area contributed by atoms with E-state index in [1.807, 2.05) is 0 Å². The molecule has 130 valence electrons. The van der Waals surface area contributed by atoms with Gasteiger partial charge in [0, 0.05) is 0 Å². The molecule has 1 aliphatic heterocycles. The maximum Gasteiger partial charge on any atom is 0.417 e. The SMILES string of the molecule is C=C[C@H]1OC(=O)N(C(=O)CC(C)=O)[C@@H]1CO[Si](C)(C)C(C)(C)C. The van der Waals surface area contributed by atoms with Gasteiger partial charge >= 0.3 is 6.09 Å². The Kier molecular flexibility index (Phi) is 5.93. The van der Waals surface area contributed by atoms with Gasteiger partial charge in [-0.25, -0.2) is 9.69 Å². The van der Waals surface area contributed by atoms with Crippen LogP contribution in [-0.2, 0) is 18.8 Å². The molecule has 1 heterocycles. The molecule has 0 unspecified atom stereocenters. The summed E-state index contributed by atoms with van der Waals surface area (Å²) in [5.74, 6) is -0.857. The minimum Gasteiger partial charge on any atom is -0.439 e. The second-order valence-corrected chi connectivity index (χ2v) is 12.2. The van der Waals surface area contributed by atoms with Crippen LogP contribution in [0.25, 0.3) is 0 Å². The van der Waals surface area contributed by atoms with E-state index >= 15 is 0 Å². The Morgan fingerprint density at radius 3 is 2.39 bits per heavy atom. The van der Waals surface area contributed by atoms with Gasteiger partial charge in [0.2, 0.25) is 5.91 Å². The van der Waals surface area contributed by atoms with Crippen molar-refractivity contribution in [3.63, 3.8) is 0 Å². The highest BCUT2D eigenvalue weighted by molar-refractivity contribution is 6.74. The molecule has 0 bridgehead atoms. The van der Waals surface area contributed by atoms with Gasteiger partial charge in [0.25, 0.3) is 0 Å². The van der Waals surface area contributed by atoms with Crippen LogP contribution < -0.4 is 0 Å². The Balaban J connectivity index is 2.93. The van der Waals surface area contributed by atoms with Gasteiger partial charge in [-0.1, -0.05) is 27.4 Å². The number of carbonyl (C=O) groups is 3. The Bertz CT molecular complexity index is 509. The molecule has 1 fully saturated rings. The maximum atomic E-state index is 12.2. The molecule has 0 saturated carbocycles. The van der Waals surface area contributed by atoms with Gasteiger partial charge in [-0.3, -0.25) is 9.59 Å². The molecule has 0 radical (unpaired) electrons. The summed E-state index contributed by atoms with van der Waals surface area (Å²) in [6.07, 6.45) is -0.207. The molecular formula is C16H27NO5Si. The Morgan fingerprint density at radius 2 is 1.96 bits per heavy atom. The van der Waals surface area contributed by atoms with Crippen LogP contribution in [0.5, 0.6) is 0 Å². The quantitative estimate of drug-likeness (QED) is 0.422. The van der Waals surface area contributed by atoms with E-state index in [9.17, 15) is 14.4 Å². The summed E-state index contributed by atoms with van der Waals surface area (Å²) in [5.41, 5.74) is 0. The topological polar surface area (TPSA) is 72.9 Å². The number of rotatable bonds is 6. The zero-order valence-corrected chi connectivity index (χ0v) is 15.8. The first-order valence-corrected chi connectivity index (χ1v) is 10.6. The highest BCUT2D eigenvalue weighted by Gasteiger charge is 2.46. The number of Topliss-reactive ketones (excluding diaryl/α,β-unsaturated/α-hetero) is 1. The molecule has 0 spiro atoms. The van der Waals surface area contributed by atoms with Crippen molar-refractivity contribution < 1.29 is 23.5 Å². The smallest absolute Gasteiger partial charge is 0.417 e. The molecule has 2 amide bonds. The van der Waals surface area contributed by atoms with Crippen molar-refractivity contribution >= 4 is 26.1 Å². The van der Waals surface area contributed by atoms with Gasteiger partial charge < -0.3 is 9.16 Å². The second-order valence-electron chi connectivity index (χ2n) is 7.37. The molecule has 1 rings (SSSR count). The molecule has 0 aromatic heterocycles. The van der Waals surface area contributed by atoms with Gasteiger partial charge in [-0.05, 0) is 31.1 Å². The van der Waals surface area contributed by atoms with Crippen LogP contribution in [0.2, 0.25) is 18.1 Å². The van der Waals surface area contributed by atoms with Gasteiger partial charge in [-0.2, -0.15) is 0 Å². The van der Waals surface area contributed by atoms with Crippen LogP contribution in [0, 0.1) is 0 Å². The second kappa shape index (κ2) is 6.96. The summed E-state index contributed by atoms with van der Waals surface area (Å²) < 4.78 is 11.3. The van der Waals surface area contributed by atoms with E-state index in [4.69, 9.17) is 9.16 Å². The normalized spacial score (nSPS) is 22.0. The molecule has 1 aliphatic rings. The molecule has 0 N–H and O–H groups in total. The monoisotopic (exact) mass is 341 g/mol. The minimum absolute atomic E-state index is 0.00830. The van der Waals surface area contributed by atoms with Crippen molar-refractivity contribution in [1.29, 1.82) is 0 Å². The van der Waals surface area contributed by atoms with Crippen LogP contribution >= 0.6 is 0 Å². The molecule has 0 aromatic rings. The van der Waals surface area contributed by atoms with E-state index in [2.05, 4.69) is 40.4 Å². The molecule has 2 atom stereocenters. The third-order valence-electron chi connectivity index (χ3n) is 4.47. The minimum atomic E-state index is -2.04. The summed E-state index contributed by atoms with van der Waals surface area (Å²) in [6.45, 7) is 15.7. The lowest BCUT2D eigenvalue weighted by molar-refractivity contribution is -0.133. The number of amides is 2. The molecule has 6 nitrogen and oxygen atoms in total. The number of carbonyl (C=O) groups excluding carboxylic acids is 3. The number of hydrogen-bond acceptors (Lipinski definition) is 5. The van der Waals surface area contributed by atoms with Crippen LogP contribution in [0.3, 0.4) is 0 Å². The molecule has 23 heavy (non-hydrogen) atoms. The fourth-order valence-electron chi connectivity index (χ4n) is 2.00. The van der Waals surface area contributed by atoms with Crippen molar-refractivity contribution in [2.24, 2.45) is 0 Å². The fraction of sp³-hybridized carbons (Fsp3) is 0.688. The Morgan fingerprint density at radius 1 is 1.39 bits per heavy atom. The van der Waals surface area contributed by atoms with E-state index in [0.29, 0.717) is 0 Å². The standard InChI is InChI=1S/C16H27NO5Si/c1-8-13-12(10-21-23(6,7)16(3,4)5)17(15(20)22-13)14(19)9-11(2)18/h8,12-13H,1,9-10H2,2-7H3/t12-,13-/m1/s1. The first-order valence-electron chi connectivity index (χ1n) is 7.69. The lowest BCUT2D eigenvalue weighted by atomic mass is 10.1. The van der Waals surface area contributed by atoms with Crippen molar-refractivity contribution in [3.05, 3.63) is 12.7 Å². The first-order chi connectivity index (χ1) is 10.4. The predicted molar refractivity (Wildman–Crippen MR) is 89.5 cm³/mol. The average Bonchev–Trinajstić information content (AvgIpc) is 2.70. The fourth-order valence-corrected chi connectivity index (χ4v) is 3.02. The lowest BCUT2D eigenvalue weighted by Crippen LogP contribution is -2.49. The zero-order valence-electron chi connectivity index (χ0n) is 14.8. The van der Waals surface area contributed by atoms with Crippen molar-refractivity contribution in [2.75, 3.05) is 6.61 Å². The lowest BCUT2D eigenvalue weighted by Gasteiger charge is -2.37. The van der Waals surface area contributed by atoms with Gasteiger partial charge in [-0.15, -0.1) is 0 Å². The number of nitrogens with zero attached hydrogens (tertiary/aromatic N) is 1. The highest BCUT2D eigenvalue weighted by Crippen LogP contribution is 2.37. The number of hydrogen-bond donors (Lipinski definition) is 0. The Labute approximate surface area is 138 Å². The summed E-state index contributed by atoms with van der Waals surface area (Å²) in [6, 6.07) is -0.582. The maximum absolute atomic E-state index is 12.2. The summed E-state index contributed by atoms with van der Waals surface area (Å²) in [7, 11) is -2.04. The van der Waals surface area contributed by atoms with E-state index in [1.54, 1.807) is 0 Å². The van der Waals surface area contributed by atoms with Crippen LogP contribution in [0.1, 0.15) is 34.1 Å². The van der Waals surface area contributed by atoms with Crippen LogP contribution in [0.4, 0.5) is 4.79 Å². The predicted octanol–water partition coefficient (Wildman–Crippen LogP) is 2.89. The van der Waals surface area contributed by atoms with Gasteiger partial charge in [0.05, 0.1) is 13.0 Å². The van der Waals surface area contributed by atoms with Gasteiger partial charge in [0.15, 0.2) is 8.32 Å². The van der Waals surface area contributed by atoms with Crippen LogP contribution in [-0.4, -0.2) is 49.8 Å². The molecule has 1 saturated heterocycles. The van der Waals surface area contributed by atoms with Crippen LogP contribution in [0.15, 0.2) is 12.7 Å². The summed E-state index contributed by atoms with van der Waals surface area (Å²) in [4.78, 5) is 36.3. The van der Waals surface area contributed by atoms with E-state index in [-0.39, 0.29) is 23.8 Å². The number of ether oxygens (including phenoxy) is 1. The summed E-state index contributed by atoms with van der Waals surface area (Å²) >= 11 is 0. The molecule has 0 aromatic carbocycles. The third-order valence-corrected chi connectivity index (χ3v) is 8.97. The summed E-state index contributed by atoms with van der Waals surface area (Å²) in [5, 5.41) is 0.00830. The molecular weight excluding hydrogens is 314 g/mol. The molecule has 0 aliphatic carbocycles. The van der Waals surface area contributed by atoms with E-state index in [0.717, 1.165) is 4.90 Å². The largest absolute Gasteiger partial charge is 0.439 e. The van der Waals surface area contributed by atoms with Crippen molar-refractivity contribution in [1.82, 2.24) is 4.90 Å². The zero-order chi connectivity index (χ0) is 18.0. The van der Waals surface area contributed by atoms with Crippen molar-refractivity contribution in [2.45, 2.75) is 64.4 Å². The van der Waals surface area contributed by atoms with E-state index in [1.165, 1.54) is 13.0 Å². The average molecular weight is 341 g/mol. The van der Waals surface area contributed by atoms with Gasteiger partial charge in [0.1, 0.15) is 17.9 Å². The highest BCUT2D eigenvalue weighted by atomic mass is 28.4. The number of ketones is 1. The van der Waals surface area contributed by atoms with E-state index < -0.39 is 32.5 Å². The molecule has 7 heteroatoms. The number of imide groups is 1. The van der Waals surface area contributed by atoms with Crippen molar-refractivity contribution in [3.8, 4) is 0 Å². The number of cyclic esters (lactones) is 1. The third kappa shape index (κ3) is 4.51. The first kappa shape index (κ1) is 19.6. The Hall–Kier alpha value is -1.47.